The number of Topliss-reactive ketones (excluding diaryl/α,β-unsaturated/α-hetero) is 1. The fourth-order valence-corrected chi connectivity index (χ4v) is 0.913. The first-order valence-corrected chi connectivity index (χ1v) is 4.64. The fourth-order valence-electron chi connectivity index (χ4n) is 0.913. The highest BCUT2D eigenvalue weighted by molar-refractivity contribution is 6.36. The Morgan fingerprint density at radius 3 is 2.62 bits per heavy atom. The maximum Gasteiger partial charge on any atom is 0.287 e. The lowest BCUT2D eigenvalue weighted by molar-refractivity contribution is -0.137. The van der Waals surface area contributed by atoms with Gasteiger partial charge in [0, 0.05) is 13.0 Å². The van der Waals surface area contributed by atoms with Crippen molar-refractivity contribution in [1.82, 2.24) is 5.32 Å². The zero-order chi connectivity index (χ0) is 10.1. The van der Waals surface area contributed by atoms with E-state index in [4.69, 9.17) is 0 Å². The second kappa shape index (κ2) is 7.53. The van der Waals surface area contributed by atoms with E-state index in [1.54, 1.807) is 6.08 Å². The van der Waals surface area contributed by atoms with Gasteiger partial charge >= 0.3 is 0 Å². The average Bonchev–Trinajstić information content (AvgIpc) is 2.14. The molecule has 0 saturated carbocycles. The Morgan fingerprint density at radius 1 is 1.38 bits per heavy atom. The van der Waals surface area contributed by atoms with E-state index >= 15 is 0 Å². The Balaban J connectivity index is 3.57. The molecule has 0 rings (SSSR count). The zero-order valence-electron chi connectivity index (χ0n) is 8.14. The molecule has 0 heterocycles. The molecule has 13 heavy (non-hydrogen) atoms. The SMILES string of the molecule is C=CCNC(=O)C(=O)CCCCC. The van der Waals surface area contributed by atoms with E-state index in [2.05, 4.69) is 18.8 Å². The van der Waals surface area contributed by atoms with Crippen molar-refractivity contribution < 1.29 is 9.59 Å². The maximum atomic E-state index is 11.1. The molecule has 0 aromatic rings. The summed E-state index contributed by atoms with van der Waals surface area (Å²) in [6.07, 6.45) is 4.77. The van der Waals surface area contributed by atoms with Gasteiger partial charge in [0.25, 0.3) is 5.91 Å². The zero-order valence-corrected chi connectivity index (χ0v) is 8.14. The Morgan fingerprint density at radius 2 is 2.08 bits per heavy atom. The summed E-state index contributed by atoms with van der Waals surface area (Å²) in [6, 6.07) is 0. The van der Waals surface area contributed by atoms with Crippen LogP contribution >= 0.6 is 0 Å². The minimum absolute atomic E-state index is 0.324. The van der Waals surface area contributed by atoms with Crippen LogP contribution in [0.2, 0.25) is 0 Å². The highest BCUT2D eigenvalue weighted by Gasteiger charge is 2.10. The highest BCUT2D eigenvalue weighted by atomic mass is 16.2. The smallest absolute Gasteiger partial charge is 0.287 e. The third kappa shape index (κ3) is 6.08. The molecule has 0 spiro atoms. The molecule has 1 amide bonds. The number of carbonyl (C=O) groups is 2. The summed E-state index contributed by atoms with van der Waals surface area (Å²) in [4.78, 5) is 22.1. The van der Waals surface area contributed by atoms with Crippen LogP contribution in [0, 0.1) is 0 Å². The van der Waals surface area contributed by atoms with Gasteiger partial charge in [-0.05, 0) is 6.42 Å². The summed E-state index contributed by atoms with van der Waals surface area (Å²) in [7, 11) is 0. The summed E-state index contributed by atoms with van der Waals surface area (Å²) >= 11 is 0. The summed E-state index contributed by atoms with van der Waals surface area (Å²) in [5.74, 6) is -0.814. The number of carbonyl (C=O) groups excluding carboxylic acids is 2. The number of nitrogens with one attached hydrogen (secondary N) is 1. The van der Waals surface area contributed by atoms with Crippen LogP contribution in [-0.4, -0.2) is 18.2 Å². The van der Waals surface area contributed by atoms with Crippen LogP contribution in [0.5, 0.6) is 0 Å². The van der Waals surface area contributed by atoms with Crippen LogP contribution in [0.15, 0.2) is 12.7 Å². The van der Waals surface area contributed by atoms with Crippen LogP contribution in [0.25, 0.3) is 0 Å². The second-order valence-corrected chi connectivity index (χ2v) is 2.88. The van der Waals surface area contributed by atoms with Crippen molar-refractivity contribution in [2.45, 2.75) is 32.6 Å². The monoisotopic (exact) mass is 183 g/mol. The first-order valence-electron chi connectivity index (χ1n) is 4.64. The molecule has 0 fully saturated rings. The first kappa shape index (κ1) is 11.9. The standard InChI is InChI=1S/C10H17NO2/c1-3-5-6-7-9(12)10(13)11-8-4-2/h4H,2-3,5-8H2,1H3,(H,11,13). The van der Waals surface area contributed by atoms with E-state index in [-0.39, 0.29) is 5.78 Å². The Labute approximate surface area is 79.2 Å². The van der Waals surface area contributed by atoms with E-state index in [0.717, 1.165) is 19.3 Å². The van der Waals surface area contributed by atoms with Crippen molar-refractivity contribution >= 4 is 11.7 Å². The van der Waals surface area contributed by atoms with Crippen LogP contribution < -0.4 is 5.32 Å². The molecule has 0 aliphatic rings. The summed E-state index contributed by atoms with van der Waals surface area (Å²) in [5.41, 5.74) is 0. The molecule has 1 N–H and O–H groups in total. The molecule has 0 aliphatic heterocycles. The van der Waals surface area contributed by atoms with E-state index in [1.165, 1.54) is 0 Å². The lowest BCUT2D eigenvalue weighted by Crippen LogP contribution is -2.30. The Hall–Kier alpha value is -1.12. The lowest BCUT2D eigenvalue weighted by Gasteiger charge is -2.00. The van der Waals surface area contributed by atoms with Crippen LogP contribution in [0.4, 0.5) is 0 Å². The minimum atomic E-state index is -0.490. The highest BCUT2D eigenvalue weighted by Crippen LogP contribution is 1.99. The van der Waals surface area contributed by atoms with E-state index < -0.39 is 5.91 Å². The first-order chi connectivity index (χ1) is 6.22. The minimum Gasteiger partial charge on any atom is -0.346 e. The molecule has 3 nitrogen and oxygen atoms in total. The third-order valence-corrected chi connectivity index (χ3v) is 1.67. The Bertz CT molecular complexity index is 187. The summed E-state index contributed by atoms with van der Waals surface area (Å²) in [6.45, 7) is 5.86. The van der Waals surface area contributed by atoms with Crippen LogP contribution in [-0.2, 0) is 9.59 Å². The average molecular weight is 183 g/mol. The number of amides is 1. The largest absolute Gasteiger partial charge is 0.346 e. The normalized spacial score (nSPS) is 9.31. The lowest BCUT2D eigenvalue weighted by atomic mass is 10.1. The van der Waals surface area contributed by atoms with Gasteiger partial charge in [-0.1, -0.05) is 25.8 Å². The van der Waals surface area contributed by atoms with Gasteiger partial charge in [-0.25, -0.2) is 0 Å². The molecule has 0 aromatic carbocycles. The maximum absolute atomic E-state index is 11.1. The van der Waals surface area contributed by atoms with Crippen molar-refractivity contribution in [1.29, 1.82) is 0 Å². The topological polar surface area (TPSA) is 46.2 Å². The summed E-state index contributed by atoms with van der Waals surface area (Å²) < 4.78 is 0. The van der Waals surface area contributed by atoms with Crippen LogP contribution in [0.1, 0.15) is 32.6 Å². The van der Waals surface area contributed by atoms with Gasteiger partial charge in [-0.2, -0.15) is 0 Å². The number of hydrogen-bond donors (Lipinski definition) is 1. The Kier molecular flexibility index (Phi) is 6.88. The molecular weight excluding hydrogens is 166 g/mol. The van der Waals surface area contributed by atoms with Gasteiger partial charge in [-0.15, -0.1) is 6.58 Å². The molecule has 0 radical (unpaired) electrons. The van der Waals surface area contributed by atoms with Gasteiger partial charge in [-0.3, -0.25) is 9.59 Å². The van der Waals surface area contributed by atoms with E-state index in [0.29, 0.717) is 13.0 Å². The second-order valence-electron chi connectivity index (χ2n) is 2.88. The van der Waals surface area contributed by atoms with Crippen molar-refractivity contribution in [3.05, 3.63) is 12.7 Å². The van der Waals surface area contributed by atoms with Gasteiger partial charge in [0.2, 0.25) is 5.78 Å². The molecule has 0 saturated heterocycles. The van der Waals surface area contributed by atoms with Crippen molar-refractivity contribution in [3.63, 3.8) is 0 Å². The number of unbranched alkanes of at least 4 members (excludes halogenated alkanes) is 2. The number of hydrogen-bond acceptors (Lipinski definition) is 2. The molecule has 74 valence electrons. The quantitative estimate of drug-likeness (QED) is 0.369. The molecule has 0 aromatic heterocycles. The predicted molar refractivity (Wildman–Crippen MR) is 52.4 cm³/mol. The molecule has 0 atom stereocenters. The number of rotatable bonds is 7. The molecular formula is C10H17NO2. The van der Waals surface area contributed by atoms with E-state index in [1.807, 2.05) is 0 Å². The van der Waals surface area contributed by atoms with Crippen LogP contribution in [0.3, 0.4) is 0 Å². The van der Waals surface area contributed by atoms with Gasteiger partial charge in [0.05, 0.1) is 0 Å². The molecule has 0 aliphatic carbocycles. The van der Waals surface area contributed by atoms with Crippen molar-refractivity contribution in [2.24, 2.45) is 0 Å². The van der Waals surface area contributed by atoms with Gasteiger partial charge < -0.3 is 5.32 Å². The summed E-state index contributed by atoms with van der Waals surface area (Å²) in [5, 5.41) is 2.45. The van der Waals surface area contributed by atoms with Gasteiger partial charge in [0.1, 0.15) is 0 Å². The fraction of sp³-hybridized carbons (Fsp3) is 0.600. The van der Waals surface area contributed by atoms with Crippen molar-refractivity contribution in [3.8, 4) is 0 Å². The predicted octanol–water partition coefficient (Wildman–Crippen LogP) is 1.44. The third-order valence-electron chi connectivity index (χ3n) is 1.67. The van der Waals surface area contributed by atoms with E-state index in [9.17, 15) is 9.59 Å². The molecule has 0 bridgehead atoms. The van der Waals surface area contributed by atoms with Crippen molar-refractivity contribution in [2.75, 3.05) is 6.54 Å². The number of ketones is 1. The molecule has 0 unspecified atom stereocenters. The van der Waals surface area contributed by atoms with Gasteiger partial charge in [0.15, 0.2) is 0 Å². The molecule has 3 heteroatoms.